The number of hydrogen-bond acceptors (Lipinski definition) is 3. The van der Waals surface area contributed by atoms with Crippen molar-refractivity contribution in [2.45, 2.75) is 37.8 Å². The average Bonchev–Trinajstić information content (AvgIpc) is 3.36. The van der Waals surface area contributed by atoms with Crippen molar-refractivity contribution in [2.75, 3.05) is 0 Å². The average molecular weight is 437 g/mol. The molecule has 0 spiro atoms. The molecule has 5 nitrogen and oxygen atoms in total. The monoisotopic (exact) mass is 436 g/mol. The van der Waals surface area contributed by atoms with Gasteiger partial charge < -0.3 is 9.30 Å². The van der Waals surface area contributed by atoms with E-state index in [1.54, 1.807) is 0 Å². The van der Waals surface area contributed by atoms with Crippen LogP contribution in [-0.2, 0) is 29.2 Å². The minimum Gasteiger partial charge on any atom is -0.489 e. The van der Waals surface area contributed by atoms with Crippen molar-refractivity contribution in [1.82, 2.24) is 9.88 Å². The predicted molar refractivity (Wildman–Crippen MR) is 126 cm³/mol. The summed E-state index contributed by atoms with van der Waals surface area (Å²) in [5.74, 6) is -0.821. The Morgan fingerprint density at radius 2 is 1.67 bits per heavy atom. The maximum absolute atomic E-state index is 13.0. The third-order valence-corrected chi connectivity index (χ3v) is 6.83. The van der Waals surface area contributed by atoms with E-state index in [0.29, 0.717) is 6.61 Å². The number of para-hydroxylation sites is 1. The summed E-state index contributed by atoms with van der Waals surface area (Å²) in [5.41, 5.74) is 5.37. The Balaban J connectivity index is 1.32. The highest BCUT2D eigenvalue weighted by molar-refractivity contribution is 6.12. The van der Waals surface area contributed by atoms with Crippen LogP contribution in [0.2, 0.25) is 0 Å². The van der Waals surface area contributed by atoms with Gasteiger partial charge in [0.05, 0.1) is 17.4 Å². The van der Waals surface area contributed by atoms with Gasteiger partial charge in [0.2, 0.25) is 11.8 Å². The second kappa shape index (κ2) is 7.93. The molecule has 0 aliphatic carbocycles. The van der Waals surface area contributed by atoms with Gasteiger partial charge in [-0.3, -0.25) is 14.9 Å². The molecule has 3 aromatic carbocycles. The maximum Gasteiger partial charge on any atom is 0.235 e. The zero-order valence-electron chi connectivity index (χ0n) is 18.2. The van der Waals surface area contributed by atoms with Crippen LogP contribution >= 0.6 is 0 Å². The van der Waals surface area contributed by atoms with Crippen LogP contribution in [0.4, 0.5) is 0 Å². The first kappa shape index (κ1) is 19.8. The van der Waals surface area contributed by atoms with E-state index in [1.165, 1.54) is 11.1 Å². The van der Waals surface area contributed by atoms with E-state index in [0.717, 1.165) is 47.2 Å². The molecule has 2 atom stereocenters. The van der Waals surface area contributed by atoms with E-state index >= 15 is 0 Å². The van der Waals surface area contributed by atoms with Gasteiger partial charge in [0.25, 0.3) is 0 Å². The summed E-state index contributed by atoms with van der Waals surface area (Å²) < 4.78 is 8.14. The molecule has 5 heteroatoms. The Bertz CT molecular complexity index is 1360. The summed E-state index contributed by atoms with van der Waals surface area (Å²) in [5, 5.41) is 3.66. The van der Waals surface area contributed by atoms with Gasteiger partial charge in [-0.15, -0.1) is 0 Å². The van der Waals surface area contributed by atoms with Gasteiger partial charge in [-0.25, -0.2) is 0 Å². The van der Waals surface area contributed by atoms with Crippen LogP contribution < -0.4 is 10.1 Å². The fourth-order valence-electron chi connectivity index (χ4n) is 5.29. The van der Waals surface area contributed by atoms with Crippen molar-refractivity contribution < 1.29 is 14.3 Å². The Hall–Kier alpha value is -3.86. The van der Waals surface area contributed by atoms with E-state index in [-0.39, 0.29) is 11.8 Å². The molecule has 1 fully saturated rings. The molecular formula is C28H24N2O3. The van der Waals surface area contributed by atoms with Crippen molar-refractivity contribution >= 4 is 22.7 Å². The highest BCUT2D eigenvalue weighted by Gasteiger charge is 2.44. The Kier molecular flexibility index (Phi) is 4.75. The SMILES string of the molecule is O=C1NC(=O)[C@H](c2cn3c4c(cccc24)CCC3)[C@H]1c1ccc(OCc2ccccc2)cc1. The lowest BCUT2D eigenvalue weighted by Gasteiger charge is -2.16. The molecule has 1 saturated heterocycles. The van der Waals surface area contributed by atoms with Crippen molar-refractivity contribution in [3.8, 4) is 5.75 Å². The number of benzene rings is 3. The van der Waals surface area contributed by atoms with E-state index in [4.69, 9.17) is 4.74 Å². The first-order valence-electron chi connectivity index (χ1n) is 11.4. The molecule has 2 amide bonds. The van der Waals surface area contributed by atoms with Gasteiger partial charge in [0.15, 0.2) is 0 Å². The number of carbonyl (C=O) groups is 2. The largest absolute Gasteiger partial charge is 0.489 e. The number of carbonyl (C=O) groups excluding carboxylic acids is 2. The standard InChI is InChI=1S/C28H24N2O3/c31-27-24(19-11-13-21(14-12-19)33-17-18-6-2-1-3-7-18)25(28(32)29-27)23-16-30-15-5-9-20-8-4-10-22(23)26(20)30/h1-4,6-8,10-14,16,24-25H,5,9,15,17H2,(H,29,31,32)/t24-,25-/m1/s1. The fourth-order valence-corrected chi connectivity index (χ4v) is 5.29. The molecule has 164 valence electrons. The predicted octanol–water partition coefficient (Wildman–Crippen LogP) is 4.69. The first-order valence-corrected chi connectivity index (χ1v) is 11.4. The third kappa shape index (κ3) is 3.41. The molecule has 6 rings (SSSR count). The zero-order valence-corrected chi connectivity index (χ0v) is 18.2. The van der Waals surface area contributed by atoms with E-state index in [1.807, 2.05) is 54.6 Å². The number of amides is 2. The number of nitrogens with zero attached hydrogens (tertiary/aromatic N) is 1. The quantitative estimate of drug-likeness (QED) is 0.462. The summed E-state index contributed by atoms with van der Waals surface area (Å²) in [4.78, 5) is 25.9. The lowest BCUT2D eigenvalue weighted by atomic mass is 9.83. The van der Waals surface area contributed by atoms with E-state index in [2.05, 4.69) is 34.3 Å². The molecule has 0 unspecified atom stereocenters. The first-order chi connectivity index (χ1) is 16.2. The van der Waals surface area contributed by atoms with Gasteiger partial charge >= 0.3 is 0 Å². The fraction of sp³-hybridized carbons (Fsp3) is 0.214. The molecule has 33 heavy (non-hydrogen) atoms. The number of aryl methyl sites for hydroxylation is 2. The van der Waals surface area contributed by atoms with Crippen LogP contribution in [0.1, 0.15) is 40.5 Å². The molecule has 0 saturated carbocycles. The van der Waals surface area contributed by atoms with Crippen molar-refractivity contribution in [2.24, 2.45) is 0 Å². The Morgan fingerprint density at radius 1 is 0.879 bits per heavy atom. The molecule has 1 aromatic heterocycles. The van der Waals surface area contributed by atoms with Gasteiger partial charge in [-0.2, -0.15) is 0 Å². The molecular weight excluding hydrogens is 412 g/mol. The van der Waals surface area contributed by atoms with Gasteiger partial charge in [0.1, 0.15) is 12.4 Å². The molecule has 0 bridgehead atoms. The van der Waals surface area contributed by atoms with Crippen LogP contribution in [0.5, 0.6) is 5.75 Å². The molecule has 0 radical (unpaired) electrons. The van der Waals surface area contributed by atoms with E-state index in [9.17, 15) is 9.59 Å². The maximum atomic E-state index is 13.0. The number of hydrogen-bond donors (Lipinski definition) is 1. The lowest BCUT2D eigenvalue weighted by Crippen LogP contribution is -2.21. The number of imide groups is 1. The molecule has 4 aromatic rings. The highest BCUT2D eigenvalue weighted by atomic mass is 16.5. The number of nitrogens with one attached hydrogen (secondary N) is 1. The summed E-state index contributed by atoms with van der Waals surface area (Å²) in [6.07, 6.45) is 4.22. The number of aromatic nitrogens is 1. The Morgan fingerprint density at radius 3 is 2.48 bits per heavy atom. The van der Waals surface area contributed by atoms with E-state index < -0.39 is 11.8 Å². The van der Waals surface area contributed by atoms with Crippen molar-refractivity contribution in [3.63, 3.8) is 0 Å². The summed E-state index contributed by atoms with van der Waals surface area (Å²) in [6, 6.07) is 23.8. The normalized spacial score (nSPS) is 19.6. The zero-order chi connectivity index (χ0) is 22.4. The molecule has 1 N–H and O–H groups in total. The lowest BCUT2D eigenvalue weighted by molar-refractivity contribution is -0.125. The van der Waals surface area contributed by atoms with Gasteiger partial charge in [-0.1, -0.05) is 60.7 Å². The minimum absolute atomic E-state index is 0.224. The van der Waals surface area contributed by atoms with Gasteiger partial charge in [0, 0.05) is 18.1 Å². The Labute approximate surface area is 192 Å². The number of rotatable bonds is 5. The van der Waals surface area contributed by atoms with Crippen LogP contribution in [0.15, 0.2) is 79.0 Å². The summed E-state index contributed by atoms with van der Waals surface area (Å²) in [6.45, 7) is 1.42. The van der Waals surface area contributed by atoms with Crippen molar-refractivity contribution in [1.29, 1.82) is 0 Å². The summed E-state index contributed by atoms with van der Waals surface area (Å²) in [7, 11) is 0. The molecule has 3 heterocycles. The second-order valence-corrected chi connectivity index (χ2v) is 8.85. The smallest absolute Gasteiger partial charge is 0.235 e. The van der Waals surface area contributed by atoms with Crippen LogP contribution in [0.3, 0.4) is 0 Å². The minimum atomic E-state index is -0.552. The summed E-state index contributed by atoms with van der Waals surface area (Å²) >= 11 is 0. The number of ether oxygens (including phenoxy) is 1. The third-order valence-electron chi connectivity index (χ3n) is 6.83. The molecule has 2 aliphatic heterocycles. The molecule has 2 aliphatic rings. The topological polar surface area (TPSA) is 60.3 Å². The van der Waals surface area contributed by atoms with Gasteiger partial charge in [-0.05, 0) is 47.2 Å². The van der Waals surface area contributed by atoms with Crippen molar-refractivity contribution in [3.05, 3.63) is 101 Å². The second-order valence-electron chi connectivity index (χ2n) is 8.85. The van der Waals surface area contributed by atoms with Crippen LogP contribution in [0, 0.1) is 0 Å². The highest BCUT2D eigenvalue weighted by Crippen LogP contribution is 2.42. The van der Waals surface area contributed by atoms with Crippen LogP contribution in [-0.4, -0.2) is 16.4 Å². The van der Waals surface area contributed by atoms with Crippen LogP contribution in [0.25, 0.3) is 10.9 Å².